The van der Waals surface area contributed by atoms with Gasteiger partial charge in [-0.05, 0) is 5.92 Å². The fourth-order valence-corrected chi connectivity index (χ4v) is 2.66. The van der Waals surface area contributed by atoms with Crippen LogP contribution in [0.4, 0.5) is 0 Å². The van der Waals surface area contributed by atoms with Gasteiger partial charge in [-0.15, -0.1) is 0 Å². The molecule has 5 nitrogen and oxygen atoms in total. The molecule has 0 radical (unpaired) electrons. The lowest BCUT2D eigenvalue weighted by Gasteiger charge is -2.13. The highest BCUT2D eigenvalue weighted by molar-refractivity contribution is 7.89. The van der Waals surface area contributed by atoms with E-state index in [1.165, 1.54) is 18.5 Å². The van der Waals surface area contributed by atoms with Crippen LogP contribution in [-0.2, 0) is 10.0 Å². The molecule has 2 N–H and O–H groups in total. The van der Waals surface area contributed by atoms with Gasteiger partial charge < -0.3 is 4.98 Å². The number of H-pyrrole nitrogens is 1. The second-order valence-corrected chi connectivity index (χ2v) is 5.64. The van der Waals surface area contributed by atoms with Crippen LogP contribution < -0.4 is 10.2 Å². The van der Waals surface area contributed by atoms with Gasteiger partial charge in [0.05, 0.1) is 0 Å². The summed E-state index contributed by atoms with van der Waals surface area (Å²) >= 11 is 0. The van der Waals surface area contributed by atoms with Crippen molar-refractivity contribution < 1.29 is 8.42 Å². The van der Waals surface area contributed by atoms with E-state index in [0.717, 1.165) is 12.8 Å². The molecule has 0 spiro atoms. The molecule has 0 saturated carbocycles. The average Bonchev–Trinajstić information content (AvgIpc) is 2.30. The van der Waals surface area contributed by atoms with Gasteiger partial charge in [0.25, 0.3) is 0 Å². The fraction of sp³-hybridized carbons (Fsp3) is 0.545. The highest BCUT2D eigenvalue weighted by Crippen LogP contribution is 2.07. The Kier molecular flexibility index (Phi) is 4.89. The number of hydrogen-bond acceptors (Lipinski definition) is 3. The minimum atomic E-state index is -3.70. The number of nitrogens with one attached hydrogen (secondary N) is 2. The quantitative estimate of drug-likeness (QED) is 0.801. The number of aromatic amines is 1. The van der Waals surface area contributed by atoms with E-state index in [0.29, 0.717) is 12.5 Å². The van der Waals surface area contributed by atoms with Gasteiger partial charge in [0.2, 0.25) is 15.5 Å². The summed E-state index contributed by atoms with van der Waals surface area (Å²) in [6, 6.07) is 1.20. The van der Waals surface area contributed by atoms with Crippen molar-refractivity contribution in [3.63, 3.8) is 0 Å². The summed E-state index contributed by atoms with van der Waals surface area (Å²) in [6.07, 6.45) is 4.42. The summed E-state index contributed by atoms with van der Waals surface area (Å²) in [5, 5.41) is 0. The minimum absolute atomic E-state index is 0.231. The second-order valence-electron chi connectivity index (χ2n) is 3.91. The molecule has 17 heavy (non-hydrogen) atoms. The first-order valence-electron chi connectivity index (χ1n) is 5.68. The first-order chi connectivity index (χ1) is 8.01. The summed E-state index contributed by atoms with van der Waals surface area (Å²) in [4.78, 5) is 13.8. The van der Waals surface area contributed by atoms with E-state index in [2.05, 4.69) is 9.71 Å². The molecule has 0 atom stereocenters. The van der Waals surface area contributed by atoms with Gasteiger partial charge in [0, 0.05) is 25.0 Å². The van der Waals surface area contributed by atoms with Gasteiger partial charge in [-0.1, -0.05) is 26.7 Å². The maximum atomic E-state index is 11.9. The van der Waals surface area contributed by atoms with Crippen molar-refractivity contribution in [2.24, 2.45) is 5.92 Å². The van der Waals surface area contributed by atoms with Crippen LogP contribution in [0.2, 0.25) is 0 Å². The predicted octanol–water partition coefficient (Wildman–Crippen LogP) is 1.09. The van der Waals surface area contributed by atoms with Crippen LogP contribution in [0.1, 0.15) is 26.7 Å². The largest absolute Gasteiger partial charge is 0.366 e. The molecule has 1 aromatic rings. The summed E-state index contributed by atoms with van der Waals surface area (Å²) in [5.74, 6) is 0.299. The molecule has 0 aliphatic carbocycles. The SMILES string of the molecule is CCC(CC)CNS(=O)(=O)c1c[nH]ccc1=O. The zero-order valence-corrected chi connectivity index (χ0v) is 10.9. The Hall–Kier alpha value is -1.14. The third kappa shape index (κ3) is 3.67. The molecule has 1 heterocycles. The van der Waals surface area contributed by atoms with E-state index in [9.17, 15) is 13.2 Å². The fourth-order valence-electron chi connectivity index (χ4n) is 1.49. The van der Waals surface area contributed by atoms with E-state index in [-0.39, 0.29) is 4.90 Å². The highest BCUT2D eigenvalue weighted by Gasteiger charge is 2.18. The number of aromatic nitrogens is 1. The first-order valence-corrected chi connectivity index (χ1v) is 7.16. The van der Waals surface area contributed by atoms with Gasteiger partial charge in [0.15, 0.2) is 0 Å². The molecular weight excluding hydrogens is 240 g/mol. The second kappa shape index (κ2) is 5.97. The van der Waals surface area contributed by atoms with Crippen LogP contribution in [0.25, 0.3) is 0 Å². The van der Waals surface area contributed by atoms with Crippen molar-refractivity contribution in [2.75, 3.05) is 6.54 Å². The van der Waals surface area contributed by atoms with E-state index in [4.69, 9.17) is 0 Å². The van der Waals surface area contributed by atoms with Crippen molar-refractivity contribution in [3.05, 3.63) is 28.7 Å². The third-order valence-corrected chi connectivity index (χ3v) is 4.24. The summed E-state index contributed by atoms with van der Waals surface area (Å²) in [5.41, 5.74) is -0.499. The maximum absolute atomic E-state index is 11.9. The number of sulfonamides is 1. The molecule has 1 rings (SSSR count). The van der Waals surface area contributed by atoms with Gasteiger partial charge in [-0.2, -0.15) is 0 Å². The Balaban J connectivity index is 2.84. The lowest BCUT2D eigenvalue weighted by molar-refractivity contribution is 0.478. The molecule has 0 aliphatic heterocycles. The van der Waals surface area contributed by atoms with Crippen molar-refractivity contribution in [1.29, 1.82) is 0 Å². The number of rotatable bonds is 6. The summed E-state index contributed by atoms with van der Waals surface area (Å²) < 4.78 is 26.2. The normalized spacial score (nSPS) is 11.9. The van der Waals surface area contributed by atoms with Gasteiger partial charge >= 0.3 is 0 Å². The number of pyridine rings is 1. The Morgan fingerprint density at radius 1 is 1.35 bits per heavy atom. The standard InChI is InChI=1S/C11H18N2O3S/c1-3-9(4-2)7-13-17(15,16)11-8-12-6-5-10(11)14/h5-6,8-9,13H,3-4,7H2,1-2H3,(H,12,14). The smallest absolute Gasteiger partial charge is 0.245 e. The molecule has 96 valence electrons. The molecular formula is C11H18N2O3S. The molecule has 6 heteroatoms. The minimum Gasteiger partial charge on any atom is -0.366 e. The topological polar surface area (TPSA) is 79.0 Å². The van der Waals surface area contributed by atoms with Crippen molar-refractivity contribution >= 4 is 10.0 Å². The van der Waals surface area contributed by atoms with Crippen LogP contribution in [0.5, 0.6) is 0 Å². The van der Waals surface area contributed by atoms with E-state index in [1.54, 1.807) is 0 Å². The van der Waals surface area contributed by atoms with Gasteiger partial charge in [-0.25, -0.2) is 13.1 Å². The zero-order valence-electron chi connectivity index (χ0n) is 10.1. The average molecular weight is 258 g/mol. The molecule has 1 aromatic heterocycles. The van der Waals surface area contributed by atoms with Crippen LogP contribution >= 0.6 is 0 Å². The predicted molar refractivity (Wildman–Crippen MR) is 66.3 cm³/mol. The Morgan fingerprint density at radius 3 is 2.53 bits per heavy atom. The molecule has 0 fully saturated rings. The monoisotopic (exact) mass is 258 g/mol. The van der Waals surface area contributed by atoms with Crippen LogP contribution in [0.15, 0.2) is 28.2 Å². The van der Waals surface area contributed by atoms with Gasteiger partial charge in [0.1, 0.15) is 4.90 Å². The lowest BCUT2D eigenvalue weighted by Crippen LogP contribution is -2.32. The highest BCUT2D eigenvalue weighted by atomic mass is 32.2. The summed E-state index contributed by atoms with van der Waals surface area (Å²) in [7, 11) is -3.70. The zero-order chi connectivity index (χ0) is 12.9. The van der Waals surface area contributed by atoms with Crippen molar-refractivity contribution in [1.82, 2.24) is 9.71 Å². The van der Waals surface area contributed by atoms with Crippen molar-refractivity contribution in [3.8, 4) is 0 Å². The van der Waals surface area contributed by atoms with E-state index < -0.39 is 15.5 Å². The lowest BCUT2D eigenvalue weighted by atomic mass is 10.0. The molecule has 0 amide bonds. The van der Waals surface area contributed by atoms with E-state index >= 15 is 0 Å². The molecule has 0 saturated heterocycles. The number of hydrogen-bond donors (Lipinski definition) is 2. The van der Waals surface area contributed by atoms with Gasteiger partial charge in [-0.3, -0.25) is 4.79 Å². The third-order valence-electron chi connectivity index (χ3n) is 2.79. The van der Waals surface area contributed by atoms with Crippen molar-refractivity contribution in [2.45, 2.75) is 31.6 Å². The molecule has 0 bridgehead atoms. The Bertz CT molecular complexity index is 503. The summed E-state index contributed by atoms with van der Waals surface area (Å²) in [6.45, 7) is 4.39. The van der Waals surface area contributed by atoms with E-state index in [1.807, 2.05) is 13.8 Å². The molecule has 0 aliphatic rings. The Labute approximate surface area is 101 Å². The first kappa shape index (κ1) is 13.9. The molecule has 0 unspecified atom stereocenters. The van der Waals surface area contributed by atoms with Crippen LogP contribution in [-0.4, -0.2) is 19.9 Å². The maximum Gasteiger partial charge on any atom is 0.245 e. The molecule has 0 aromatic carbocycles. The van der Waals surface area contributed by atoms with Crippen LogP contribution in [0.3, 0.4) is 0 Å². The Morgan fingerprint density at radius 2 is 2.00 bits per heavy atom. The van der Waals surface area contributed by atoms with Crippen LogP contribution in [0, 0.1) is 5.92 Å².